The van der Waals surface area contributed by atoms with E-state index in [1.165, 1.54) is 4.68 Å². The first-order valence-electron chi connectivity index (χ1n) is 9.80. The number of hydrogen-bond donors (Lipinski definition) is 2. The Labute approximate surface area is 203 Å². The Morgan fingerprint density at radius 1 is 1.18 bits per heavy atom. The number of nitrogens with one attached hydrogen (secondary N) is 1. The predicted octanol–water partition coefficient (Wildman–Crippen LogP) is 5.45. The topological polar surface area (TPSA) is 103 Å². The van der Waals surface area contributed by atoms with Crippen LogP contribution < -0.4 is 11.1 Å². The summed E-state index contributed by atoms with van der Waals surface area (Å²) < 4.78 is 42.8. The van der Waals surface area contributed by atoms with E-state index >= 15 is 0 Å². The molecule has 0 aliphatic heterocycles. The maximum atomic E-state index is 13.6. The van der Waals surface area contributed by atoms with E-state index < -0.39 is 23.7 Å². The molecule has 0 atom stereocenters. The lowest BCUT2D eigenvalue weighted by molar-refractivity contribution is -0.140. The van der Waals surface area contributed by atoms with Gasteiger partial charge in [0.1, 0.15) is 15.4 Å². The molecule has 7 nitrogen and oxygen atoms in total. The SMILES string of the molecule is Cc1ccc(-c2cc(C(F)(F)F)nc3sc(C(N)=O)c(NC(=O)c4nn(C)c(C)c4Br)c23)cc1. The zero-order chi connectivity index (χ0) is 24.9. The maximum absolute atomic E-state index is 13.6. The van der Waals surface area contributed by atoms with E-state index in [-0.39, 0.29) is 32.0 Å². The van der Waals surface area contributed by atoms with Gasteiger partial charge in [-0.3, -0.25) is 14.3 Å². The number of halogens is 4. The summed E-state index contributed by atoms with van der Waals surface area (Å²) in [4.78, 5) is 28.8. The minimum Gasteiger partial charge on any atom is -0.365 e. The number of carbonyl (C=O) groups is 2. The van der Waals surface area contributed by atoms with Gasteiger partial charge >= 0.3 is 6.18 Å². The Bertz CT molecular complexity index is 1460. The highest BCUT2D eigenvalue weighted by atomic mass is 79.9. The van der Waals surface area contributed by atoms with Gasteiger partial charge < -0.3 is 11.1 Å². The minimum absolute atomic E-state index is 0.00972. The van der Waals surface area contributed by atoms with Crippen LogP contribution in [0.3, 0.4) is 0 Å². The molecular weight excluding hydrogens is 535 g/mol. The van der Waals surface area contributed by atoms with Gasteiger partial charge in [0, 0.05) is 12.4 Å². The minimum atomic E-state index is -4.72. The molecule has 0 fully saturated rings. The van der Waals surface area contributed by atoms with E-state index in [2.05, 4.69) is 31.3 Å². The normalized spacial score (nSPS) is 11.7. The fourth-order valence-electron chi connectivity index (χ4n) is 3.40. The Morgan fingerprint density at radius 3 is 2.35 bits per heavy atom. The van der Waals surface area contributed by atoms with Crippen LogP contribution in [0.15, 0.2) is 34.8 Å². The largest absolute Gasteiger partial charge is 0.433 e. The number of fused-ring (bicyclic) bond motifs is 1. The van der Waals surface area contributed by atoms with Gasteiger partial charge in [0.2, 0.25) is 0 Å². The number of pyridine rings is 1. The second-order valence-corrected chi connectivity index (χ2v) is 9.39. The first kappa shape index (κ1) is 23.9. The fraction of sp³-hybridized carbons (Fsp3) is 0.182. The highest BCUT2D eigenvalue weighted by molar-refractivity contribution is 9.10. The van der Waals surface area contributed by atoms with Gasteiger partial charge in [-0.15, -0.1) is 11.3 Å². The zero-order valence-electron chi connectivity index (χ0n) is 18.0. The summed E-state index contributed by atoms with van der Waals surface area (Å²) in [5, 5.41) is 6.99. The van der Waals surface area contributed by atoms with Crippen LogP contribution >= 0.6 is 27.3 Å². The summed E-state index contributed by atoms with van der Waals surface area (Å²) in [5.41, 5.74) is 6.67. The molecule has 0 saturated carbocycles. The summed E-state index contributed by atoms with van der Waals surface area (Å²) in [7, 11) is 1.66. The van der Waals surface area contributed by atoms with E-state index in [9.17, 15) is 22.8 Å². The van der Waals surface area contributed by atoms with Crippen LogP contribution in [0.1, 0.15) is 37.1 Å². The summed E-state index contributed by atoms with van der Waals surface area (Å²) in [6, 6.07) is 7.73. The lowest BCUT2D eigenvalue weighted by atomic mass is 10.00. The molecule has 4 aromatic rings. The number of carbonyl (C=O) groups excluding carboxylic acids is 2. The lowest BCUT2D eigenvalue weighted by Crippen LogP contribution is -2.17. The van der Waals surface area contributed by atoms with Gasteiger partial charge in [-0.1, -0.05) is 29.8 Å². The Morgan fingerprint density at radius 2 is 1.82 bits per heavy atom. The van der Waals surface area contributed by atoms with E-state index in [0.29, 0.717) is 27.1 Å². The maximum Gasteiger partial charge on any atom is 0.433 e. The molecular formula is C22H17BrF3N5O2S. The van der Waals surface area contributed by atoms with Crippen LogP contribution in [0.2, 0.25) is 0 Å². The van der Waals surface area contributed by atoms with Crippen molar-refractivity contribution in [2.24, 2.45) is 12.8 Å². The molecule has 34 heavy (non-hydrogen) atoms. The van der Waals surface area contributed by atoms with Crippen molar-refractivity contribution < 1.29 is 22.8 Å². The number of primary amides is 1. The summed E-state index contributed by atoms with van der Waals surface area (Å²) >= 11 is 4.01. The third-order valence-corrected chi connectivity index (χ3v) is 7.30. The van der Waals surface area contributed by atoms with E-state index in [1.807, 2.05) is 6.92 Å². The standard InChI is InChI=1S/C22H17BrF3N5O2S/c1-9-4-6-11(7-5-9)12-8-13(22(24,25)26)28-21-14(12)16(18(34-21)19(27)32)29-20(33)17-15(23)10(2)31(3)30-17/h4-8H,1-3H3,(H2,27,32)(H,29,33). The summed E-state index contributed by atoms with van der Waals surface area (Å²) in [5.74, 6) is -1.56. The molecule has 12 heteroatoms. The van der Waals surface area contributed by atoms with Crippen LogP contribution in [0.4, 0.5) is 18.9 Å². The number of nitrogens with zero attached hydrogens (tertiary/aromatic N) is 3. The second-order valence-electron chi connectivity index (χ2n) is 7.60. The van der Waals surface area contributed by atoms with Crippen LogP contribution in [0.5, 0.6) is 0 Å². The van der Waals surface area contributed by atoms with Crippen molar-refractivity contribution in [2.45, 2.75) is 20.0 Å². The molecule has 0 radical (unpaired) electrons. The van der Waals surface area contributed by atoms with Crippen molar-refractivity contribution in [1.82, 2.24) is 14.8 Å². The fourth-order valence-corrected chi connectivity index (χ4v) is 4.92. The molecule has 4 rings (SSSR count). The zero-order valence-corrected chi connectivity index (χ0v) is 20.4. The van der Waals surface area contributed by atoms with Gasteiger partial charge in [0.05, 0.1) is 15.9 Å². The van der Waals surface area contributed by atoms with Crippen molar-refractivity contribution in [3.8, 4) is 11.1 Å². The van der Waals surface area contributed by atoms with E-state index in [0.717, 1.165) is 11.6 Å². The Hall–Kier alpha value is -3.25. The van der Waals surface area contributed by atoms with Gasteiger partial charge in [-0.25, -0.2) is 4.98 Å². The Balaban J connectivity index is 1.99. The number of benzene rings is 1. The average Bonchev–Trinajstić information content (AvgIpc) is 3.26. The number of aryl methyl sites for hydroxylation is 2. The van der Waals surface area contributed by atoms with Crippen molar-refractivity contribution in [1.29, 1.82) is 0 Å². The molecule has 2 amide bonds. The first-order valence-corrected chi connectivity index (χ1v) is 11.4. The van der Waals surface area contributed by atoms with Crippen LogP contribution in [-0.2, 0) is 13.2 Å². The molecule has 176 valence electrons. The highest BCUT2D eigenvalue weighted by Crippen LogP contribution is 2.44. The second kappa shape index (κ2) is 8.51. The van der Waals surface area contributed by atoms with Gasteiger partial charge in [0.15, 0.2) is 5.69 Å². The van der Waals surface area contributed by atoms with Crippen molar-refractivity contribution in [3.63, 3.8) is 0 Å². The molecule has 0 aliphatic carbocycles. The van der Waals surface area contributed by atoms with E-state index in [4.69, 9.17) is 5.73 Å². The van der Waals surface area contributed by atoms with E-state index in [1.54, 1.807) is 38.2 Å². The lowest BCUT2D eigenvalue weighted by Gasteiger charge is -2.12. The molecule has 3 aromatic heterocycles. The van der Waals surface area contributed by atoms with Gasteiger partial charge in [-0.05, 0) is 47.0 Å². The molecule has 0 bridgehead atoms. The number of anilines is 1. The number of aromatic nitrogens is 3. The summed E-state index contributed by atoms with van der Waals surface area (Å²) in [6.07, 6.45) is -4.72. The Kier molecular flexibility index (Phi) is 5.98. The number of thiophene rings is 1. The van der Waals surface area contributed by atoms with Crippen molar-refractivity contribution in [3.05, 3.63) is 62.3 Å². The number of amides is 2. The quantitative estimate of drug-likeness (QED) is 0.352. The molecule has 3 heterocycles. The molecule has 0 unspecified atom stereocenters. The number of rotatable bonds is 4. The van der Waals surface area contributed by atoms with Gasteiger partial charge in [0.25, 0.3) is 11.8 Å². The van der Waals surface area contributed by atoms with Crippen LogP contribution in [0.25, 0.3) is 21.3 Å². The third-order valence-electron chi connectivity index (χ3n) is 5.25. The number of hydrogen-bond acceptors (Lipinski definition) is 5. The van der Waals surface area contributed by atoms with Crippen LogP contribution in [0, 0.1) is 13.8 Å². The average molecular weight is 552 g/mol. The smallest absolute Gasteiger partial charge is 0.365 e. The third kappa shape index (κ3) is 4.18. The monoisotopic (exact) mass is 551 g/mol. The highest BCUT2D eigenvalue weighted by Gasteiger charge is 2.35. The van der Waals surface area contributed by atoms with Crippen molar-refractivity contribution >= 4 is 55.0 Å². The summed E-state index contributed by atoms with van der Waals surface area (Å²) in [6.45, 7) is 3.60. The number of alkyl halides is 3. The van der Waals surface area contributed by atoms with Gasteiger partial charge in [-0.2, -0.15) is 18.3 Å². The molecule has 1 aromatic carbocycles. The predicted molar refractivity (Wildman–Crippen MR) is 127 cm³/mol. The molecule has 0 spiro atoms. The molecule has 0 aliphatic rings. The molecule has 0 saturated heterocycles. The number of nitrogens with two attached hydrogens (primary N) is 1. The van der Waals surface area contributed by atoms with Crippen LogP contribution in [-0.4, -0.2) is 26.6 Å². The molecule has 3 N–H and O–H groups in total. The first-order chi connectivity index (χ1) is 15.9. The van der Waals surface area contributed by atoms with Crippen molar-refractivity contribution in [2.75, 3.05) is 5.32 Å².